The second-order valence-electron chi connectivity index (χ2n) is 5.64. The second-order valence-corrected chi connectivity index (χ2v) is 5.64. The molecule has 0 atom stereocenters. The third kappa shape index (κ3) is 8.17. The van der Waals surface area contributed by atoms with Crippen molar-refractivity contribution in [1.82, 2.24) is 0 Å². The van der Waals surface area contributed by atoms with Gasteiger partial charge in [-0.15, -0.1) is 13.2 Å². The molecule has 0 aliphatic rings. The lowest BCUT2D eigenvalue weighted by Crippen LogP contribution is -2.20. The van der Waals surface area contributed by atoms with Gasteiger partial charge in [-0.1, -0.05) is 24.3 Å². The number of ether oxygens (including phenoxy) is 2. The van der Waals surface area contributed by atoms with Crippen molar-refractivity contribution in [3.63, 3.8) is 0 Å². The first-order valence-corrected chi connectivity index (χ1v) is 8.21. The summed E-state index contributed by atoms with van der Waals surface area (Å²) in [6, 6.07) is 13.5. The number of alkyl halides is 3. The summed E-state index contributed by atoms with van der Waals surface area (Å²) in [5, 5.41) is 11.1. The number of benzene rings is 2. The van der Waals surface area contributed by atoms with Crippen molar-refractivity contribution in [3.05, 3.63) is 65.7 Å². The normalized spacial score (nSPS) is 11.0. The maximum absolute atomic E-state index is 12.1. The monoisotopic (exact) mass is 404 g/mol. The Morgan fingerprint density at radius 2 is 1.72 bits per heavy atom. The highest BCUT2D eigenvalue weighted by molar-refractivity contribution is 5.94. The van der Waals surface area contributed by atoms with E-state index >= 15 is 0 Å². The first kappa shape index (κ1) is 21.5. The van der Waals surface area contributed by atoms with Gasteiger partial charge in [0.25, 0.3) is 5.91 Å². The molecular formula is C20H15F3N2O4. The van der Waals surface area contributed by atoms with Crippen molar-refractivity contribution < 1.29 is 32.2 Å². The molecule has 2 aromatic rings. The number of carbonyl (C=O) groups excluding carboxylic acids is 2. The van der Waals surface area contributed by atoms with E-state index in [9.17, 15) is 22.8 Å². The van der Waals surface area contributed by atoms with Crippen molar-refractivity contribution >= 4 is 23.6 Å². The highest BCUT2D eigenvalue weighted by Crippen LogP contribution is 2.23. The zero-order chi connectivity index (χ0) is 21.3. The number of nitriles is 1. The van der Waals surface area contributed by atoms with Gasteiger partial charge in [-0.05, 0) is 41.5 Å². The Bertz CT molecular complexity index is 915. The summed E-state index contributed by atoms with van der Waals surface area (Å²) in [6.07, 6.45) is -2.15. The minimum absolute atomic E-state index is 0.260. The molecule has 9 heteroatoms. The summed E-state index contributed by atoms with van der Waals surface area (Å²) >= 11 is 0. The van der Waals surface area contributed by atoms with E-state index in [0.717, 1.165) is 23.8 Å². The van der Waals surface area contributed by atoms with Crippen LogP contribution in [0.2, 0.25) is 0 Å². The number of rotatable bonds is 7. The summed E-state index contributed by atoms with van der Waals surface area (Å²) < 4.78 is 44.8. The van der Waals surface area contributed by atoms with E-state index in [-0.39, 0.29) is 12.2 Å². The largest absolute Gasteiger partial charge is 0.573 e. The molecule has 0 bridgehead atoms. The number of halogens is 3. The Morgan fingerprint density at radius 1 is 1.07 bits per heavy atom. The molecule has 1 N–H and O–H groups in total. The second kappa shape index (κ2) is 9.94. The Hall–Kier alpha value is -3.80. The van der Waals surface area contributed by atoms with E-state index in [0.29, 0.717) is 11.3 Å². The van der Waals surface area contributed by atoms with Gasteiger partial charge in [-0.25, -0.2) is 4.79 Å². The van der Waals surface area contributed by atoms with Crippen LogP contribution in [-0.4, -0.2) is 24.8 Å². The van der Waals surface area contributed by atoms with E-state index in [1.807, 2.05) is 6.07 Å². The average molecular weight is 404 g/mol. The molecule has 1 amide bonds. The topological polar surface area (TPSA) is 88.4 Å². The molecule has 0 saturated carbocycles. The van der Waals surface area contributed by atoms with Gasteiger partial charge in [0.2, 0.25) is 0 Å². The lowest BCUT2D eigenvalue weighted by Gasteiger charge is -2.08. The third-order valence-corrected chi connectivity index (χ3v) is 3.39. The van der Waals surface area contributed by atoms with Crippen LogP contribution in [0.5, 0.6) is 5.75 Å². The molecular weight excluding hydrogens is 389 g/mol. The first-order chi connectivity index (χ1) is 13.7. The molecule has 0 aliphatic heterocycles. The van der Waals surface area contributed by atoms with Crippen LogP contribution in [0.15, 0.2) is 54.6 Å². The quantitative estimate of drug-likeness (QED) is 0.560. The van der Waals surface area contributed by atoms with Crippen LogP contribution in [0.3, 0.4) is 0 Å². The van der Waals surface area contributed by atoms with Gasteiger partial charge in [-0.3, -0.25) is 4.79 Å². The molecule has 0 unspecified atom stereocenters. The maximum Gasteiger partial charge on any atom is 0.573 e. The Balaban J connectivity index is 1.78. The highest BCUT2D eigenvalue weighted by Gasteiger charge is 2.30. The van der Waals surface area contributed by atoms with E-state index in [4.69, 9.17) is 10.00 Å². The summed E-state index contributed by atoms with van der Waals surface area (Å²) in [5.74, 6) is -1.72. The van der Waals surface area contributed by atoms with Crippen LogP contribution < -0.4 is 10.1 Å². The van der Waals surface area contributed by atoms with Gasteiger partial charge in [0.1, 0.15) is 5.75 Å². The number of amides is 1. The molecule has 150 valence electrons. The molecule has 29 heavy (non-hydrogen) atoms. The minimum atomic E-state index is -4.78. The predicted octanol–water partition coefficient (Wildman–Crippen LogP) is 3.85. The van der Waals surface area contributed by atoms with E-state index < -0.39 is 24.8 Å². The summed E-state index contributed by atoms with van der Waals surface area (Å²) in [4.78, 5) is 23.4. The smallest absolute Gasteiger partial charge is 0.452 e. The molecule has 2 rings (SSSR count). The van der Waals surface area contributed by atoms with Gasteiger partial charge in [0.15, 0.2) is 6.61 Å². The van der Waals surface area contributed by atoms with Crippen molar-refractivity contribution in [2.24, 2.45) is 0 Å². The predicted molar refractivity (Wildman–Crippen MR) is 97.5 cm³/mol. The fourth-order valence-corrected chi connectivity index (χ4v) is 2.12. The third-order valence-electron chi connectivity index (χ3n) is 3.39. The SMILES string of the molecule is N#CCc1ccc(NC(=O)COC(=O)/C=C/c2ccc(OC(F)(F)F)cc2)cc1. The number of hydrogen-bond acceptors (Lipinski definition) is 5. The lowest BCUT2D eigenvalue weighted by atomic mass is 10.1. The highest BCUT2D eigenvalue weighted by atomic mass is 19.4. The standard InChI is InChI=1S/C20H15F3N2O4/c21-20(22,23)29-17-8-3-14(4-9-17)5-10-19(27)28-13-18(26)25-16-6-1-15(2-7-16)11-12-24/h1-10H,11,13H2,(H,25,26)/b10-5+. The van der Waals surface area contributed by atoms with Crippen LogP contribution in [0.25, 0.3) is 6.08 Å². The molecule has 0 aromatic heterocycles. The van der Waals surface area contributed by atoms with Gasteiger partial charge in [0.05, 0.1) is 12.5 Å². The van der Waals surface area contributed by atoms with Gasteiger partial charge < -0.3 is 14.8 Å². The van der Waals surface area contributed by atoms with Crippen LogP contribution in [-0.2, 0) is 20.7 Å². The number of hydrogen-bond donors (Lipinski definition) is 1. The summed E-state index contributed by atoms with van der Waals surface area (Å²) in [7, 11) is 0. The van der Waals surface area contributed by atoms with Gasteiger partial charge in [-0.2, -0.15) is 5.26 Å². The minimum Gasteiger partial charge on any atom is -0.452 e. The molecule has 0 aliphatic carbocycles. The van der Waals surface area contributed by atoms with Gasteiger partial charge in [0, 0.05) is 11.8 Å². The fourth-order valence-electron chi connectivity index (χ4n) is 2.12. The molecule has 0 fully saturated rings. The molecule has 0 saturated heterocycles. The molecule has 0 heterocycles. The van der Waals surface area contributed by atoms with Crippen molar-refractivity contribution in [2.75, 3.05) is 11.9 Å². The number of esters is 1. The molecule has 6 nitrogen and oxygen atoms in total. The fraction of sp³-hybridized carbons (Fsp3) is 0.150. The zero-order valence-corrected chi connectivity index (χ0v) is 14.9. The van der Waals surface area contributed by atoms with Crippen LogP contribution in [0.1, 0.15) is 11.1 Å². The van der Waals surface area contributed by atoms with Crippen LogP contribution in [0.4, 0.5) is 18.9 Å². The Labute approximate surface area is 164 Å². The van der Waals surface area contributed by atoms with E-state index in [1.54, 1.807) is 24.3 Å². The summed E-state index contributed by atoms with van der Waals surface area (Å²) in [6.45, 7) is -0.512. The van der Waals surface area contributed by atoms with Crippen LogP contribution in [0, 0.1) is 11.3 Å². The molecule has 2 aromatic carbocycles. The number of nitrogens with one attached hydrogen (secondary N) is 1. The van der Waals surface area contributed by atoms with Crippen molar-refractivity contribution in [3.8, 4) is 11.8 Å². The summed E-state index contributed by atoms with van der Waals surface area (Å²) in [5.41, 5.74) is 1.74. The van der Waals surface area contributed by atoms with E-state index in [1.165, 1.54) is 18.2 Å². The first-order valence-electron chi connectivity index (χ1n) is 8.21. The number of anilines is 1. The average Bonchev–Trinajstić information content (AvgIpc) is 2.66. The Morgan fingerprint density at radius 3 is 2.31 bits per heavy atom. The van der Waals surface area contributed by atoms with Crippen LogP contribution >= 0.6 is 0 Å². The van der Waals surface area contributed by atoms with Gasteiger partial charge >= 0.3 is 12.3 Å². The lowest BCUT2D eigenvalue weighted by molar-refractivity contribution is -0.274. The van der Waals surface area contributed by atoms with Crippen molar-refractivity contribution in [1.29, 1.82) is 5.26 Å². The zero-order valence-electron chi connectivity index (χ0n) is 14.9. The molecule has 0 radical (unpaired) electrons. The number of carbonyl (C=O) groups is 2. The molecule has 0 spiro atoms. The van der Waals surface area contributed by atoms with E-state index in [2.05, 4.69) is 10.1 Å². The van der Waals surface area contributed by atoms with Crippen molar-refractivity contribution in [2.45, 2.75) is 12.8 Å². The number of nitrogens with zero attached hydrogens (tertiary/aromatic N) is 1. The maximum atomic E-state index is 12.1. The Kier molecular flexibility index (Phi) is 7.37.